The molecule has 0 aliphatic heterocycles. The van der Waals surface area contributed by atoms with Crippen molar-refractivity contribution in [2.75, 3.05) is 5.32 Å². The first-order valence-corrected chi connectivity index (χ1v) is 12.3. The fraction of sp³-hybridized carbons (Fsp3) is 0.143. The molecule has 0 saturated heterocycles. The second-order valence-corrected chi connectivity index (χ2v) is 8.92. The molecule has 0 aliphatic rings. The maximum absolute atomic E-state index is 14.5. The largest absolute Gasteiger partial charge is 0.335 e. The third-order valence-electron chi connectivity index (χ3n) is 6.30. The monoisotopic (exact) mass is 506 g/mol. The van der Waals surface area contributed by atoms with Crippen LogP contribution in [0.1, 0.15) is 26.2 Å². The summed E-state index contributed by atoms with van der Waals surface area (Å²) in [6, 6.07) is 12.1. The minimum Gasteiger partial charge on any atom is -0.335 e. The van der Waals surface area contributed by atoms with E-state index in [0.717, 1.165) is 29.3 Å². The van der Waals surface area contributed by atoms with Crippen LogP contribution in [0.25, 0.3) is 56.0 Å². The van der Waals surface area contributed by atoms with E-state index < -0.39 is 0 Å². The molecule has 6 rings (SSSR count). The van der Waals surface area contributed by atoms with E-state index in [1.807, 2.05) is 19.1 Å². The van der Waals surface area contributed by atoms with Crippen LogP contribution in [0.3, 0.4) is 0 Å². The maximum Gasteiger partial charge on any atom is 0.224 e. The number of carbonyl (C=O) groups excluding carboxylic acids is 1. The summed E-state index contributed by atoms with van der Waals surface area (Å²) < 4.78 is 14.5. The molecule has 0 bridgehead atoms. The van der Waals surface area contributed by atoms with Crippen LogP contribution in [0.15, 0.2) is 67.3 Å². The summed E-state index contributed by atoms with van der Waals surface area (Å²) in [5.41, 5.74) is 5.54. The molecule has 1 aromatic carbocycles. The van der Waals surface area contributed by atoms with Crippen molar-refractivity contribution in [3.8, 4) is 33.9 Å². The predicted octanol–water partition coefficient (Wildman–Crippen LogP) is 5.89. The number of rotatable bonds is 7. The number of benzene rings is 1. The molecule has 5 aromatic heterocycles. The number of nitrogens with zero attached hydrogens (tertiary/aromatic N) is 5. The molecule has 38 heavy (non-hydrogen) atoms. The van der Waals surface area contributed by atoms with Gasteiger partial charge in [-0.1, -0.05) is 31.5 Å². The Morgan fingerprint density at radius 2 is 1.95 bits per heavy atom. The van der Waals surface area contributed by atoms with Crippen LogP contribution in [-0.4, -0.2) is 41.0 Å². The molecule has 5 heterocycles. The van der Waals surface area contributed by atoms with Gasteiger partial charge in [-0.2, -0.15) is 5.10 Å². The number of halogens is 1. The van der Waals surface area contributed by atoms with Crippen LogP contribution in [0.4, 0.5) is 10.1 Å². The third-order valence-corrected chi connectivity index (χ3v) is 6.30. The number of nitrogens with one attached hydrogen (secondary N) is 3. The van der Waals surface area contributed by atoms with Gasteiger partial charge in [0, 0.05) is 40.9 Å². The molecule has 1 amide bonds. The van der Waals surface area contributed by atoms with Crippen molar-refractivity contribution in [3.63, 3.8) is 0 Å². The second kappa shape index (κ2) is 9.81. The standard InChI is InChI=1S/C28H23FN8O/c1-2-3-8-24(38)33-17-11-16(13-30-14-17)22-12-20-23(15-32-22)36-37-26(20)28-34-25-19(9-10-31-27(25)35-28)18-6-4-5-7-21(18)29/h4-7,9-15H,2-3,8H2,1H3,(H,33,38)(H,36,37)(H,31,34,35). The second-order valence-electron chi connectivity index (χ2n) is 8.92. The van der Waals surface area contributed by atoms with Gasteiger partial charge in [-0.15, -0.1) is 0 Å². The van der Waals surface area contributed by atoms with Crippen molar-refractivity contribution in [2.45, 2.75) is 26.2 Å². The highest BCUT2D eigenvalue weighted by molar-refractivity contribution is 5.97. The molecule has 188 valence electrons. The SMILES string of the molecule is CCCCC(=O)Nc1cncc(-c2cc3c(-c4nc5nccc(-c6ccccc6F)c5[nH]4)n[nH]c3cn2)c1. The quantitative estimate of drug-likeness (QED) is 0.248. The molecule has 0 aliphatic carbocycles. The van der Waals surface area contributed by atoms with E-state index in [9.17, 15) is 9.18 Å². The molecule has 0 radical (unpaired) electrons. The van der Waals surface area contributed by atoms with Gasteiger partial charge in [-0.3, -0.25) is 19.9 Å². The lowest BCUT2D eigenvalue weighted by Gasteiger charge is -2.07. The first-order valence-electron chi connectivity index (χ1n) is 12.3. The molecule has 0 fully saturated rings. The number of aromatic nitrogens is 7. The normalized spacial score (nSPS) is 11.3. The number of H-pyrrole nitrogens is 2. The Kier molecular flexibility index (Phi) is 6.04. The molecule has 0 spiro atoms. The van der Waals surface area contributed by atoms with E-state index in [1.165, 1.54) is 6.07 Å². The molecule has 0 atom stereocenters. The summed E-state index contributed by atoms with van der Waals surface area (Å²) in [5.74, 6) is 0.129. The Hall–Kier alpha value is -4.99. The predicted molar refractivity (Wildman–Crippen MR) is 144 cm³/mol. The Labute approximate surface area is 216 Å². The van der Waals surface area contributed by atoms with Crippen molar-refractivity contribution >= 4 is 33.7 Å². The van der Waals surface area contributed by atoms with Gasteiger partial charge in [0.05, 0.1) is 34.8 Å². The number of anilines is 1. The zero-order valence-corrected chi connectivity index (χ0v) is 20.5. The van der Waals surface area contributed by atoms with Crippen molar-refractivity contribution in [2.24, 2.45) is 0 Å². The highest BCUT2D eigenvalue weighted by Crippen LogP contribution is 2.32. The fourth-order valence-corrected chi connectivity index (χ4v) is 4.39. The summed E-state index contributed by atoms with van der Waals surface area (Å²) in [6.07, 6.45) is 8.87. The van der Waals surface area contributed by atoms with Gasteiger partial charge >= 0.3 is 0 Å². The van der Waals surface area contributed by atoms with Gasteiger partial charge in [0.1, 0.15) is 11.5 Å². The van der Waals surface area contributed by atoms with Crippen LogP contribution in [-0.2, 0) is 4.79 Å². The summed E-state index contributed by atoms with van der Waals surface area (Å²) >= 11 is 0. The Morgan fingerprint density at radius 1 is 1.05 bits per heavy atom. The molecule has 10 heteroatoms. The number of fused-ring (bicyclic) bond motifs is 2. The highest BCUT2D eigenvalue weighted by Gasteiger charge is 2.18. The van der Waals surface area contributed by atoms with Crippen molar-refractivity contribution in [3.05, 3.63) is 73.1 Å². The van der Waals surface area contributed by atoms with Gasteiger partial charge in [0.2, 0.25) is 5.91 Å². The van der Waals surface area contributed by atoms with Gasteiger partial charge in [-0.25, -0.2) is 14.4 Å². The van der Waals surface area contributed by atoms with E-state index in [-0.39, 0.29) is 11.7 Å². The van der Waals surface area contributed by atoms with Gasteiger partial charge in [0.15, 0.2) is 11.5 Å². The minimum absolute atomic E-state index is 0.0421. The molecular weight excluding hydrogens is 483 g/mol. The average molecular weight is 507 g/mol. The number of hydrogen-bond acceptors (Lipinski definition) is 6. The molecule has 0 unspecified atom stereocenters. The van der Waals surface area contributed by atoms with Gasteiger partial charge in [0.25, 0.3) is 0 Å². The van der Waals surface area contributed by atoms with Crippen LogP contribution in [0.5, 0.6) is 0 Å². The number of aromatic amines is 2. The smallest absolute Gasteiger partial charge is 0.224 e. The van der Waals surface area contributed by atoms with E-state index in [0.29, 0.717) is 51.6 Å². The number of hydrogen-bond donors (Lipinski definition) is 3. The lowest BCUT2D eigenvalue weighted by molar-refractivity contribution is -0.116. The topological polar surface area (TPSA) is 125 Å². The summed E-state index contributed by atoms with van der Waals surface area (Å²) in [7, 11) is 0. The van der Waals surface area contributed by atoms with E-state index in [4.69, 9.17) is 0 Å². The molecular formula is C28H23FN8O. The van der Waals surface area contributed by atoms with Crippen LogP contribution >= 0.6 is 0 Å². The van der Waals surface area contributed by atoms with Gasteiger partial charge < -0.3 is 10.3 Å². The summed E-state index contributed by atoms with van der Waals surface area (Å²) in [4.78, 5) is 33.3. The Bertz CT molecular complexity index is 1790. The summed E-state index contributed by atoms with van der Waals surface area (Å²) in [6.45, 7) is 2.05. The number of carbonyl (C=O) groups is 1. The maximum atomic E-state index is 14.5. The number of imidazole rings is 1. The lowest BCUT2D eigenvalue weighted by Crippen LogP contribution is -2.11. The number of amides is 1. The first-order chi connectivity index (χ1) is 18.6. The van der Waals surface area contributed by atoms with Crippen molar-refractivity contribution in [1.82, 2.24) is 35.1 Å². The Morgan fingerprint density at radius 3 is 2.82 bits per heavy atom. The van der Waals surface area contributed by atoms with Crippen LogP contribution in [0.2, 0.25) is 0 Å². The van der Waals surface area contributed by atoms with E-state index in [2.05, 4.69) is 40.4 Å². The minimum atomic E-state index is -0.325. The van der Waals surface area contributed by atoms with Gasteiger partial charge in [-0.05, 0) is 30.7 Å². The zero-order valence-electron chi connectivity index (χ0n) is 20.5. The first kappa shape index (κ1) is 23.4. The van der Waals surface area contributed by atoms with E-state index in [1.54, 1.807) is 49.1 Å². The third kappa shape index (κ3) is 4.36. The lowest BCUT2D eigenvalue weighted by atomic mass is 10.1. The zero-order chi connectivity index (χ0) is 26.1. The van der Waals surface area contributed by atoms with E-state index >= 15 is 0 Å². The van der Waals surface area contributed by atoms with Crippen molar-refractivity contribution < 1.29 is 9.18 Å². The van der Waals surface area contributed by atoms with Crippen LogP contribution in [0, 0.1) is 5.82 Å². The highest BCUT2D eigenvalue weighted by atomic mass is 19.1. The Balaban J connectivity index is 1.38. The molecule has 0 saturated carbocycles. The molecule has 6 aromatic rings. The molecule has 3 N–H and O–H groups in total. The molecule has 9 nitrogen and oxygen atoms in total. The van der Waals surface area contributed by atoms with Crippen LogP contribution < -0.4 is 5.32 Å². The average Bonchev–Trinajstić information content (AvgIpc) is 3.56. The number of unbranched alkanes of at least 4 members (excludes halogenated alkanes) is 1. The fourth-order valence-electron chi connectivity index (χ4n) is 4.39. The number of pyridine rings is 3. The summed E-state index contributed by atoms with van der Waals surface area (Å²) in [5, 5.41) is 11.2. The van der Waals surface area contributed by atoms with Crippen molar-refractivity contribution in [1.29, 1.82) is 0 Å².